The van der Waals surface area contributed by atoms with Crippen LogP contribution in [-0.2, 0) is 11.3 Å². The van der Waals surface area contributed by atoms with E-state index >= 15 is 0 Å². The van der Waals surface area contributed by atoms with E-state index in [-0.39, 0.29) is 5.56 Å². The van der Waals surface area contributed by atoms with Crippen LogP contribution >= 0.6 is 0 Å². The van der Waals surface area contributed by atoms with Gasteiger partial charge in [0.25, 0.3) is 5.56 Å². The van der Waals surface area contributed by atoms with Gasteiger partial charge in [-0.3, -0.25) is 9.78 Å². The van der Waals surface area contributed by atoms with E-state index in [0.29, 0.717) is 28.7 Å². The molecule has 1 aromatic carbocycles. The maximum atomic E-state index is 12.3. The Hall–Kier alpha value is -3.02. The van der Waals surface area contributed by atoms with Crippen LogP contribution in [0.4, 0.5) is 0 Å². The average Bonchev–Trinajstić information content (AvgIpc) is 2.61. The third-order valence-corrected chi connectivity index (χ3v) is 3.58. The monoisotopic (exact) mass is 309 g/mol. The molecule has 0 bridgehead atoms. The second kappa shape index (κ2) is 6.00. The summed E-state index contributed by atoms with van der Waals surface area (Å²) in [7, 11) is 1.34. The van der Waals surface area contributed by atoms with Crippen LogP contribution in [-0.4, -0.2) is 27.8 Å². The number of methoxy groups -OCH3 is 1. The first-order chi connectivity index (χ1) is 11.2. The van der Waals surface area contributed by atoms with Crippen LogP contribution in [0, 0.1) is 0 Å². The number of aryl methyl sites for hydroxylation is 1. The summed E-state index contributed by atoms with van der Waals surface area (Å²) in [6.07, 6.45) is 1.58. The van der Waals surface area contributed by atoms with E-state index in [9.17, 15) is 9.59 Å². The Morgan fingerprint density at radius 2 is 2.09 bits per heavy atom. The fourth-order valence-electron chi connectivity index (χ4n) is 2.45. The number of esters is 1. The Morgan fingerprint density at radius 3 is 2.83 bits per heavy atom. The number of nitrogens with zero attached hydrogens (tertiary/aromatic N) is 3. The zero-order valence-electron chi connectivity index (χ0n) is 12.8. The molecule has 3 rings (SSSR count). The number of ether oxygens (including phenoxy) is 1. The van der Waals surface area contributed by atoms with Gasteiger partial charge in [-0.2, -0.15) is 5.10 Å². The van der Waals surface area contributed by atoms with Gasteiger partial charge in [0.15, 0.2) is 0 Å². The molecule has 0 radical (unpaired) electrons. The average molecular weight is 309 g/mol. The minimum atomic E-state index is -0.418. The Morgan fingerprint density at radius 1 is 1.26 bits per heavy atom. The summed E-state index contributed by atoms with van der Waals surface area (Å²) in [6, 6.07) is 10.5. The second-order valence-corrected chi connectivity index (χ2v) is 4.94. The highest BCUT2D eigenvalue weighted by atomic mass is 16.5. The Labute approximate surface area is 132 Å². The first kappa shape index (κ1) is 14.9. The predicted octanol–water partition coefficient (Wildman–Crippen LogP) is 2.26. The lowest BCUT2D eigenvalue weighted by Gasteiger charge is -2.10. The molecule has 0 aliphatic heterocycles. The molecule has 6 nitrogen and oxygen atoms in total. The molecule has 0 spiro atoms. The van der Waals surface area contributed by atoms with Crippen molar-refractivity contribution in [3.63, 3.8) is 0 Å². The summed E-state index contributed by atoms with van der Waals surface area (Å²) in [4.78, 5) is 28.2. The number of carbonyl (C=O) groups excluding carboxylic acids is 1. The number of fused-ring (bicyclic) bond motifs is 1. The summed E-state index contributed by atoms with van der Waals surface area (Å²) in [5, 5.41) is 5.08. The van der Waals surface area contributed by atoms with Crippen LogP contribution in [0.1, 0.15) is 17.3 Å². The van der Waals surface area contributed by atoms with Crippen molar-refractivity contribution in [1.29, 1.82) is 0 Å². The van der Waals surface area contributed by atoms with Crippen molar-refractivity contribution in [2.24, 2.45) is 0 Å². The maximum absolute atomic E-state index is 12.3. The van der Waals surface area contributed by atoms with Gasteiger partial charge in [-0.15, -0.1) is 0 Å². The highest BCUT2D eigenvalue weighted by Crippen LogP contribution is 2.24. The Balaban J connectivity index is 2.30. The van der Waals surface area contributed by atoms with Crippen molar-refractivity contribution in [2.75, 3.05) is 7.11 Å². The van der Waals surface area contributed by atoms with Gasteiger partial charge in [0.2, 0.25) is 0 Å². The summed E-state index contributed by atoms with van der Waals surface area (Å²) < 4.78 is 6.12. The summed E-state index contributed by atoms with van der Waals surface area (Å²) in [5.41, 5.74) is 1.91. The van der Waals surface area contributed by atoms with Crippen molar-refractivity contribution in [2.45, 2.75) is 13.5 Å². The summed E-state index contributed by atoms with van der Waals surface area (Å²) in [5.74, 6) is -0.418. The molecular formula is C17H15N3O3. The molecule has 0 atom stereocenters. The fourth-order valence-corrected chi connectivity index (χ4v) is 2.45. The van der Waals surface area contributed by atoms with Crippen LogP contribution in [0.5, 0.6) is 0 Å². The Bertz CT molecular complexity index is 947. The standard InChI is InChI=1S/C17H15N3O3/c1-3-20-16(21)15-13(8-5-9-18-15)14(19-20)11-6-4-7-12(10-11)17(22)23-2/h4-10H,3H2,1-2H3. The third kappa shape index (κ3) is 2.59. The van der Waals surface area contributed by atoms with E-state index in [0.717, 1.165) is 5.56 Å². The van der Waals surface area contributed by atoms with Crippen molar-refractivity contribution in [1.82, 2.24) is 14.8 Å². The van der Waals surface area contributed by atoms with E-state index in [1.807, 2.05) is 13.0 Å². The molecular weight excluding hydrogens is 294 g/mol. The van der Waals surface area contributed by atoms with Gasteiger partial charge in [-0.25, -0.2) is 9.48 Å². The van der Waals surface area contributed by atoms with Crippen molar-refractivity contribution >= 4 is 16.9 Å². The zero-order valence-corrected chi connectivity index (χ0v) is 12.8. The van der Waals surface area contributed by atoms with Crippen LogP contribution in [0.2, 0.25) is 0 Å². The summed E-state index contributed by atoms with van der Waals surface area (Å²) >= 11 is 0. The molecule has 0 unspecified atom stereocenters. The first-order valence-corrected chi connectivity index (χ1v) is 7.20. The topological polar surface area (TPSA) is 74.1 Å². The maximum Gasteiger partial charge on any atom is 0.337 e. The molecule has 0 saturated heterocycles. The lowest BCUT2D eigenvalue weighted by molar-refractivity contribution is 0.0601. The number of aromatic nitrogens is 3. The smallest absolute Gasteiger partial charge is 0.337 e. The van der Waals surface area contributed by atoms with Crippen molar-refractivity contribution < 1.29 is 9.53 Å². The van der Waals surface area contributed by atoms with Crippen LogP contribution < -0.4 is 5.56 Å². The molecule has 0 saturated carbocycles. The SMILES string of the molecule is CCn1nc(-c2cccc(C(=O)OC)c2)c2cccnc2c1=O. The Kier molecular flexibility index (Phi) is 3.89. The van der Waals surface area contributed by atoms with Crippen molar-refractivity contribution in [3.05, 3.63) is 58.5 Å². The fraction of sp³-hybridized carbons (Fsp3) is 0.176. The van der Waals surface area contributed by atoms with Gasteiger partial charge in [0.05, 0.1) is 12.7 Å². The van der Waals surface area contributed by atoms with Crippen LogP contribution in [0.25, 0.3) is 22.2 Å². The number of rotatable bonds is 3. The van der Waals surface area contributed by atoms with Gasteiger partial charge in [0, 0.05) is 23.7 Å². The lowest BCUT2D eigenvalue weighted by atomic mass is 10.0. The first-order valence-electron chi connectivity index (χ1n) is 7.20. The number of hydrogen-bond donors (Lipinski definition) is 0. The molecule has 3 aromatic rings. The molecule has 6 heteroatoms. The molecule has 0 amide bonds. The molecule has 0 aliphatic carbocycles. The minimum Gasteiger partial charge on any atom is -0.465 e. The largest absolute Gasteiger partial charge is 0.465 e. The molecule has 0 fully saturated rings. The number of benzene rings is 1. The zero-order chi connectivity index (χ0) is 16.4. The molecule has 116 valence electrons. The third-order valence-electron chi connectivity index (χ3n) is 3.58. The molecule has 2 heterocycles. The van der Waals surface area contributed by atoms with E-state index < -0.39 is 5.97 Å². The number of pyridine rings is 1. The van der Waals surface area contributed by atoms with Gasteiger partial charge in [-0.05, 0) is 31.2 Å². The normalized spacial score (nSPS) is 10.7. The quantitative estimate of drug-likeness (QED) is 0.694. The van der Waals surface area contributed by atoms with E-state index in [4.69, 9.17) is 4.74 Å². The summed E-state index contributed by atoms with van der Waals surface area (Å²) in [6.45, 7) is 2.28. The highest BCUT2D eigenvalue weighted by molar-refractivity contribution is 5.95. The van der Waals surface area contributed by atoms with Gasteiger partial charge < -0.3 is 4.74 Å². The van der Waals surface area contributed by atoms with E-state index in [2.05, 4.69) is 10.1 Å². The van der Waals surface area contributed by atoms with Crippen molar-refractivity contribution in [3.8, 4) is 11.3 Å². The van der Waals surface area contributed by atoms with E-state index in [1.165, 1.54) is 11.8 Å². The van der Waals surface area contributed by atoms with Gasteiger partial charge >= 0.3 is 5.97 Å². The van der Waals surface area contributed by atoms with E-state index in [1.54, 1.807) is 36.5 Å². The number of carbonyl (C=O) groups is 1. The van der Waals surface area contributed by atoms with Gasteiger partial charge in [-0.1, -0.05) is 12.1 Å². The molecule has 0 aliphatic rings. The van der Waals surface area contributed by atoms with Crippen LogP contribution in [0.15, 0.2) is 47.4 Å². The van der Waals surface area contributed by atoms with Crippen LogP contribution in [0.3, 0.4) is 0 Å². The van der Waals surface area contributed by atoms with Gasteiger partial charge in [0.1, 0.15) is 11.2 Å². The lowest BCUT2D eigenvalue weighted by Crippen LogP contribution is -2.23. The molecule has 2 aromatic heterocycles. The predicted molar refractivity (Wildman–Crippen MR) is 86.2 cm³/mol. The molecule has 0 N–H and O–H groups in total. The number of hydrogen-bond acceptors (Lipinski definition) is 5. The molecule has 23 heavy (non-hydrogen) atoms. The second-order valence-electron chi connectivity index (χ2n) is 4.94. The minimum absolute atomic E-state index is 0.226. The highest BCUT2D eigenvalue weighted by Gasteiger charge is 2.14.